The monoisotopic (exact) mass is 666 g/mol. The third-order valence-corrected chi connectivity index (χ3v) is 9.15. The Kier molecular flexibility index (Phi) is 9.94. The molecule has 0 aromatic heterocycles. The van der Waals surface area contributed by atoms with E-state index in [1.54, 1.807) is 48.5 Å². The lowest BCUT2D eigenvalue weighted by Gasteiger charge is -2.19. The van der Waals surface area contributed by atoms with Crippen molar-refractivity contribution in [1.82, 2.24) is 0 Å². The molecule has 0 spiro atoms. The van der Waals surface area contributed by atoms with Crippen LogP contribution in [0.25, 0.3) is 32.7 Å². The molecular weight excluding hydrogens is 638 g/mol. The molecule has 6 nitrogen and oxygen atoms in total. The number of methoxy groups -OCH3 is 2. The minimum Gasteiger partial charge on any atom is -0.465 e. The quantitative estimate of drug-likeness (QED) is 0.125. The molecule has 48 heavy (non-hydrogen) atoms. The zero-order valence-electron chi connectivity index (χ0n) is 25.9. The Morgan fingerprint density at radius 2 is 0.875 bits per heavy atom. The van der Waals surface area contributed by atoms with Crippen molar-refractivity contribution in [3.05, 3.63) is 143 Å². The molecule has 234 valence electrons. The van der Waals surface area contributed by atoms with Crippen molar-refractivity contribution in [1.29, 1.82) is 0 Å². The van der Waals surface area contributed by atoms with Gasteiger partial charge in [0.2, 0.25) is 0 Å². The van der Waals surface area contributed by atoms with E-state index in [9.17, 15) is 19.4 Å². The number of hydrogen-bond donors (Lipinski definition) is 2. The zero-order valence-corrected chi connectivity index (χ0v) is 27.9. The second-order valence-corrected chi connectivity index (χ2v) is 12.2. The lowest BCUT2D eigenvalue weighted by Crippen LogP contribution is -2.11. The summed E-state index contributed by atoms with van der Waals surface area (Å²) in [6, 6.07) is 33.4. The number of ether oxygens (including phenoxy) is 2. The fraction of sp³-hybridized carbons (Fsp3) is 0.0500. The van der Waals surface area contributed by atoms with Gasteiger partial charge in [-0.05, 0) is 82.2 Å². The second-order valence-electron chi connectivity index (χ2n) is 10.6. The van der Waals surface area contributed by atoms with E-state index in [0.29, 0.717) is 21.7 Å². The highest BCUT2D eigenvalue weighted by Gasteiger charge is 2.20. The van der Waals surface area contributed by atoms with E-state index in [1.165, 1.54) is 14.2 Å². The molecule has 0 amide bonds. The summed E-state index contributed by atoms with van der Waals surface area (Å²) in [5, 5.41) is 5.01. The number of benzene rings is 6. The van der Waals surface area contributed by atoms with Gasteiger partial charge in [0.05, 0.1) is 25.3 Å². The van der Waals surface area contributed by atoms with Crippen LogP contribution < -0.4 is 10.6 Å². The number of rotatable bonds is 5. The van der Waals surface area contributed by atoms with E-state index in [0.717, 1.165) is 54.9 Å². The Bertz CT molecular complexity index is 2160. The van der Waals surface area contributed by atoms with E-state index < -0.39 is 29.6 Å². The number of fused-ring (bicyclic) bond motifs is 2. The van der Waals surface area contributed by atoms with Crippen molar-refractivity contribution < 1.29 is 28.8 Å². The smallest absolute Gasteiger partial charge is 0.337 e. The Labute approximate surface area is 281 Å². The van der Waals surface area contributed by atoms with Gasteiger partial charge in [0.25, 0.3) is 0 Å². The molecule has 2 unspecified atom stereocenters. The van der Waals surface area contributed by atoms with Gasteiger partial charge in [-0.3, -0.25) is 0 Å². The third kappa shape index (κ3) is 6.58. The van der Waals surface area contributed by atoms with Gasteiger partial charge >= 0.3 is 11.9 Å². The Morgan fingerprint density at radius 3 is 1.21 bits per heavy atom. The summed E-state index contributed by atoms with van der Waals surface area (Å²) < 4.78 is 9.58. The maximum atomic E-state index is 11.8. The van der Waals surface area contributed by atoms with Gasteiger partial charge in [0.15, 0.2) is 0 Å². The fourth-order valence-electron chi connectivity index (χ4n) is 5.57. The van der Waals surface area contributed by atoms with E-state index in [4.69, 9.17) is 9.47 Å². The predicted octanol–water partition coefficient (Wildman–Crippen LogP) is 6.46. The number of carbonyl (C=O) groups is 2. The zero-order chi connectivity index (χ0) is 33.6. The Hall–Kier alpha value is -5.32. The summed E-state index contributed by atoms with van der Waals surface area (Å²) in [5.41, 5.74) is 5.53. The largest absolute Gasteiger partial charge is 0.465 e. The number of hydrogen-bond acceptors (Lipinski definition) is 6. The summed E-state index contributed by atoms with van der Waals surface area (Å²) in [6.07, 6.45) is 0. The minimum absolute atomic E-state index is 0.410. The van der Waals surface area contributed by atoms with Gasteiger partial charge in [-0.2, -0.15) is 0 Å². The van der Waals surface area contributed by atoms with E-state index in [-0.39, 0.29) is 0 Å². The highest BCUT2D eigenvalue weighted by molar-refractivity contribution is 7.42. The van der Waals surface area contributed by atoms with Gasteiger partial charge in [0, 0.05) is 61.6 Å². The first-order valence-corrected chi connectivity index (χ1v) is 16.7. The Balaban J connectivity index is 1.49. The van der Waals surface area contributed by atoms with Crippen LogP contribution in [-0.2, 0) is 9.47 Å². The van der Waals surface area contributed by atoms with Gasteiger partial charge in [-0.15, -0.1) is 0 Å². The molecule has 0 aliphatic rings. The van der Waals surface area contributed by atoms with E-state index >= 15 is 0 Å². The van der Waals surface area contributed by atoms with Gasteiger partial charge < -0.3 is 19.3 Å². The van der Waals surface area contributed by atoms with Crippen molar-refractivity contribution >= 4 is 61.7 Å². The molecule has 6 aromatic rings. The topological polar surface area (TPSA) is 93.1 Å². The first kappa shape index (κ1) is 32.6. The average Bonchev–Trinajstić information content (AvgIpc) is 3.15. The van der Waals surface area contributed by atoms with Crippen molar-refractivity contribution in [2.75, 3.05) is 14.2 Å². The normalized spacial score (nSPS) is 11.0. The van der Waals surface area contributed by atoms with Crippen LogP contribution in [0.4, 0.5) is 0 Å². The van der Waals surface area contributed by atoms with E-state index in [1.807, 2.05) is 60.7 Å². The molecule has 0 radical (unpaired) electrons. The van der Waals surface area contributed by atoms with E-state index in [2.05, 4.69) is 23.7 Å². The first-order valence-electron chi connectivity index (χ1n) is 14.8. The van der Waals surface area contributed by atoms with Crippen LogP contribution in [0.2, 0.25) is 0 Å². The maximum Gasteiger partial charge on any atom is 0.337 e. The molecule has 0 aliphatic carbocycles. The standard InChI is InChI=1S/C40H28O6P2/c1-45-39(41)27-17-11-25(12-18-27)15-21-29-23-35(47-43)37(33-9-5-3-7-31(29)33)38-34-10-6-4-8-32(34)30(24-36(38)48-44)22-16-26-13-19-28(20-14-26)40(42)46-2/h3-14,17-20,23-24,43-44,47-48H,1-2H3. The molecule has 6 rings (SSSR count). The lowest BCUT2D eigenvalue weighted by molar-refractivity contribution is 0.0592. The van der Waals surface area contributed by atoms with Crippen molar-refractivity contribution in [2.45, 2.75) is 0 Å². The van der Waals surface area contributed by atoms with Crippen LogP contribution in [0.5, 0.6) is 0 Å². The molecule has 0 fully saturated rings. The van der Waals surface area contributed by atoms with Crippen LogP contribution in [0, 0.1) is 23.7 Å². The summed E-state index contributed by atoms with van der Waals surface area (Å²) >= 11 is 0. The number of esters is 2. The van der Waals surface area contributed by atoms with Crippen LogP contribution in [0.1, 0.15) is 43.0 Å². The summed E-state index contributed by atoms with van der Waals surface area (Å²) in [4.78, 5) is 45.2. The minimum atomic E-state index is -0.534. The van der Waals surface area contributed by atoms with Crippen LogP contribution in [0.3, 0.4) is 0 Å². The molecule has 0 saturated carbocycles. The van der Waals surface area contributed by atoms with Crippen LogP contribution in [-0.4, -0.2) is 35.9 Å². The summed E-state index contributed by atoms with van der Waals surface area (Å²) in [5.74, 6) is 12.1. The molecule has 0 heterocycles. The van der Waals surface area contributed by atoms with Crippen molar-refractivity contribution in [2.24, 2.45) is 0 Å². The molecule has 2 N–H and O–H groups in total. The molecular formula is C40H28O6P2. The molecule has 0 saturated heterocycles. The summed E-state index contributed by atoms with van der Waals surface area (Å²) in [7, 11) is 1.62. The molecule has 2 atom stereocenters. The van der Waals surface area contributed by atoms with Gasteiger partial charge in [-0.1, -0.05) is 72.2 Å². The molecule has 6 aromatic carbocycles. The van der Waals surface area contributed by atoms with Crippen LogP contribution >= 0.6 is 17.6 Å². The Morgan fingerprint density at radius 1 is 0.521 bits per heavy atom. The van der Waals surface area contributed by atoms with Crippen molar-refractivity contribution in [3.63, 3.8) is 0 Å². The fourth-order valence-corrected chi connectivity index (χ4v) is 6.73. The SMILES string of the molecule is COC(=O)c1ccc(C#Cc2cc(PO)c(-c3c(PO)cc(C#Cc4ccc(C(=O)OC)cc4)c4ccccc34)c3ccccc23)cc1. The van der Waals surface area contributed by atoms with Gasteiger partial charge in [-0.25, -0.2) is 9.59 Å². The van der Waals surface area contributed by atoms with Gasteiger partial charge in [0.1, 0.15) is 0 Å². The summed E-state index contributed by atoms with van der Waals surface area (Å²) in [6.45, 7) is 0. The highest BCUT2D eigenvalue weighted by atomic mass is 31.1. The average molecular weight is 667 g/mol. The molecule has 0 bridgehead atoms. The lowest BCUT2D eigenvalue weighted by atomic mass is 9.90. The first-order chi connectivity index (χ1) is 23.4. The number of carbonyl (C=O) groups excluding carboxylic acids is 2. The maximum absolute atomic E-state index is 11.8. The molecule has 8 heteroatoms. The highest BCUT2D eigenvalue weighted by Crippen LogP contribution is 2.38. The predicted molar refractivity (Wildman–Crippen MR) is 195 cm³/mol. The second kappa shape index (κ2) is 14.6. The third-order valence-electron chi connectivity index (χ3n) is 7.88. The van der Waals surface area contributed by atoms with Crippen LogP contribution in [0.15, 0.2) is 109 Å². The van der Waals surface area contributed by atoms with Crippen molar-refractivity contribution in [3.8, 4) is 34.8 Å². The molecule has 0 aliphatic heterocycles.